The highest BCUT2D eigenvalue weighted by Crippen LogP contribution is 2.30. The van der Waals surface area contributed by atoms with Gasteiger partial charge in [-0.1, -0.05) is 29.3 Å². The third-order valence-corrected chi connectivity index (χ3v) is 4.60. The van der Waals surface area contributed by atoms with Crippen molar-refractivity contribution in [3.63, 3.8) is 0 Å². The van der Waals surface area contributed by atoms with Gasteiger partial charge in [-0.2, -0.15) is 0 Å². The van der Waals surface area contributed by atoms with E-state index < -0.39 is 0 Å². The van der Waals surface area contributed by atoms with Crippen molar-refractivity contribution < 1.29 is 9.47 Å². The maximum absolute atomic E-state index is 6.22. The second-order valence-corrected chi connectivity index (χ2v) is 7.01. The van der Waals surface area contributed by atoms with Crippen LogP contribution < -0.4 is 25.8 Å². The molecule has 0 saturated heterocycles. The standard InChI is InChI=1S/C20H21Cl2N5O2/c1-28-16-4-3-12(7-17(16)29-2)5-6-24-19-18(23)20(26-11-25-19)27-15-9-13(21)8-14(22)10-15/h3-4,7-11H,5-6,23H2,1-2H3,(H2,24,25,26,27). The maximum Gasteiger partial charge on any atom is 0.160 e. The minimum absolute atomic E-state index is 0.399. The van der Waals surface area contributed by atoms with Gasteiger partial charge in [0.05, 0.1) is 14.2 Å². The highest BCUT2D eigenvalue weighted by molar-refractivity contribution is 6.35. The Balaban J connectivity index is 1.67. The lowest BCUT2D eigenvalue weighted by atomic mass is 10.1. The van der Waals surface area contributed by atoms with Crippen LogP contribution in [0.25, 0.3) is 0 Å². The molecule has 0 aliphatic rings. The molecule has 0 fully saturated rings. The summed E-state index contributed by atoms with van der Waals surface area (Å²) in [5, 5.41) is 7.38. The number of rotatable bonds is 8. The van der Waals surface area contributed by atoms with Gasteiger partial charge in [-0.05, 0) is 42.3 Å². The largest absolute Gasteiger partial charge is 0.493 e. The zero-order chi connectivity index (χ0) is 20.8. The Morgan fingerprint density at radius 2 is 1.62 bits per heavy atom. The second-order valence-electron chi connectivity index (χ2n) is 6.13. The quantitative estimate of drug-likeness (QED) is 0.470. The van der Waals surface area contributed by atoms with E-state index in [0.717, 1.165) is 12.0 Å². The topological polar surface area (TPSA) is 94.3 Å². The Labute approximate surface area is 179 Å². The van der Waals surface area contributed by atoms with E-state index in [0.29, 0.717) is 51.1 Å². The number of hydrogen-bond acceptors (Lipinski definition) is 7. The first-order valence-electron chi connectivity index (χ1n) is 8.78. The highest BCUT2D eigenvalue weighted by Gasteiger charge is 2.10. The van der Waals surface area contributed by atoms with E-state index in [1.54, 1.807) is 32.4 Å². The first-order valence-corrected chi connectivity index (χ1v) is 9.54. The van der Waals surface area contributed by atoms with Crippen LogP contribution in [-0.2, 0) is 6.42 Å². The summed E-state index contributed by atoms with van der Waals surface area (Å²) in [6.45, 7) is 0.624. The molecule has 3 aromatic rings. The van der Waals surface area contributed by atoms with E-state index >= 15 is 0 Å². The molecule has 1 aromatic heterocycles. The monoisotopic (exact) mass is 433 g/mol. The molecule has 29 heavy (non-hydrogen) atoms. The summed E-state index contributed by atoms with van der Waals surface area (Å²) in [5.74, 6) is 2.39. The molecule has 7 nitrogen and oxygen atoms in total. The normalized spacial score (nSPS) is 10.5. The lowest BCUT2D eigenvalue weighted by Crippen LogP contribution is -2.11. The molecule has 0 saturated carbocycles. The number of halogens is 2. The van der Waals surface area contributed by atoms with Gasteiger partial charge in [-0.15, -0.1) is 0 Å². The number of nitrogens with one attached hydrogen (secondary N) is 2. The van der Waals surface area contributed by atoms with Gasteiger partial charge in [0, 0.05) is 22.3 Å². The highest BCUT2D eigenvalue weighted by atomic mass is 35.5. The number of nitrogens with zero attached hydrogens (tertiary/aromatic N) is 2. The number of methoxy groups -OCH3 is 2. The summed E-state index contributed by atoms with van der Waals surface area (Å²) in [4.78, 5) is 8.42. The number of anilines is 4. The van der Waals surface area contributed by atoms with Gasteiger partial charge < -0.3 is 25.8 Å². The fourth-order valence-corrected chi connectivity index (χ4v) is 3.29. The van der Waals surface area contributed by atoms with Gasteiger partial charge in [0.15, 0.2) is 23.1 Å². The first-order chi connectivity index (χ1) is 14.0. The lowest BCUT2D eigenvalue weighted by Gasteiger charge is -2.13. The Kier molecular flexibility index (Phi) is 6.85. The molecule has 0 amide bonds. The van der Waals surface area contributed by atoms with Gasteiger partial charge >= 0.3 is 0 Å². The van der Waals surface area contributed by atoms with Crippen LogP contribution in [0, 0.1) is 0 Å². The summed E-state index contributed by atoms with van der Waals surface area (Å²) >= 11 is 12.1. The molecular formula is C20H21Cl2N5O2. The molecule has 2 aromatic carbocycles. The van der Waals surface area contributed by atoms with Gasteiger partial charge in [-0.25, -0.2) is 9.97 Å². The Morgan fingerprint density at radius 1 is 0.931 bits per heavy atom. The molecule has 0 bridgehead atoms. The number of aromatic nitrogens is 2. The van der Waals surface area contributed by atoms with Gasteiger partial charge in [0.1, 0.15) is 12.0 Å². The van der Waals surface area contributed by atoms with E-state index in [1.807, 2.05) is 18.2 Å². The van der Waals surface area contributed by atoms with Crippen LogP contribution >= 0.6 is 23.2 Å². The molecule has 0 aliphatic carbocycles. The average molecular weight is 434 g/mol. The fourth-order valence-electron chi connectivity index (χ4n) is 2.76. The first kappa shape index (κ1) is 20.8. The summed E-state index contributed by atoms with van der Waals surface area (Å²) < 4.78 is 10.6. The van der Waals surface area contributed by atoms with Crippen molar-refractivity contribution >= 4 is 46.2 Å². The van der Waals surface area contributed by atoms with E-state index in [4.69, 9.17) is 38.4 Å². The molecule has 0 radical (unpaired) electrons. The molecule has 0 spiro atoms. The fraction of sp³-hybridized carbons (Fsp3) is 0.200. The van der Waals surface area contributed by atoms with Crippen LogP contribution in [0.2, 0.25) is 10.0 Å². The van der Waals surface area contributed by atoms with Crippen LogP contribution in [0.4, 0.5) is 23.0 Å². The second kappa shape index (κ2) is 9.54. The number of nitrogen functional groups attached to an aromatic ring is 1. The Hall–Kier alpha value is -2.90. The van der Waals surface area contributed by atoms with Crippen molar-refractivity contribution in [2.75, 3.05) is 37.1 Å². The smallest absolute Gasteiger partial charge is 0.160 e. The van der Waals surface area contributed by atoms with E-state index in [9.17, 15) is 0 Å². The van der Waals surface area contributed by atoms with E-state index in [-0.39, 0.29) is 0 Å². The van der Waals surface area contributed by atoms with Crippen LogP contribution in [-0.4, -0.2) is 30.7 Å². The van der Waals surface area contributed by atoms with Gasteiger partial charge in [-0.3, -0.25) is 0 Å². The number of ether oxygens (including phenoxy) is 2. The number of nitrogens with two attached hydrogens (primary N) is 1. The molecule has 152 valence electrons. The number of benzene rings is 2. The minimum atomic E-state index is 0.399. The molecule has 3 rings (SSSR count). The Morgan fingerprint density at radius 3 is 2.31 bits per heavy atom. The Bertz CT molecular complexity index is 980. The van der Waals surface area contributed by atoms with Crippen molar-refractivity contribution in [2.24, 2.45) is 0 Å². The van der Waals surface area contributed by atoms with Crippen molar-refractivity contribution in [1.29, 1.82) is 0 Å². The summed E-state index contributed by atoms with van der Waals surface area (Å²) in [6, 6.07) is 10.9. The van der Waals surface area contributed by atoms with Crippen molar-refractivity contribution in [2.45, 2.75) is 6.42 Å². The molecule has 0 atom stereocenters. The van der Waals surface area contributed by atoms with Gasteiger partial charge in [0.25, 0.3) is 0 Å². The zero-order valence-corrected chi connectivity index (χ0v) is 17.5. The lowest BCUT2D eigenvalue weighted by molar-refractivity contribution is 0.354. The van der Waals surface area contributed by atoms with Crippen LogP contribution in [0.5, 0.6) is 11.5 Å². The predicted octanol–water partition coefficient (Wildman–Crippen LogP) is 4.78. The minimum Gasteiger partial charge on any atom is -0.493 e. The third kappa shape index (κ3) is 5.34. The summed E-state index contributed by atoms with van der Waals surface area (Å²) in [6.07, 6.45) is 2.18. The maximum atomic E-state index is 6.22. The van der Waals surface area contributed by atoms with Crippen LogP contribution in [0.1, 0.15) is 5.56 Å². The molecule has 1 heterocycles. The van der Waals surface area contributed by atoms with E-state index in [2.05, 4.69) is 20.6 Å². The van der Waals surface area contributed by atoms with Crippen molar-refractivity contribution in [3.05, 3.63) is 58.3 Å². The zero-order valence-electron chi connectivity index (χ0n) is 16.0. The molecule has 0 aliphatic heterocycles. The summed E-state index contributed by atoms with van der Waals surface area (Å²) in [7, 11) is 3.23. The molecule has 4 N–H and O–H groups in total. The average Bonchev–Trinajstić information content (AvgIpc) is 2.70. The molecule has 0 unspecified atom stereocenters. The molecule has 9 heteroatoms. The predicted molar refractivity (Wildman–Crippen MR) is 118 cm³/mol. The van der Waals surface area contributed by atoms with Crippen molar-refractivity contribution in [3.8, 4) is 11.5 Å². The van der Waals surface area contributed by atoms with E-state index in [1.165, 1.54) is 6.33 Å². The van der Waals surface area contributed by atoms with Crippen molar-refractivity contribution in [1.82, 2.24) is 9.97 Å². The number of hydrogen-bond donors (Lipinski definition) is 3. The summed E-state index contributed by atoms with van der Waals surface area (Å²) in [5.41, 5.74) is 8.39. The van der Waals surface area contributed by atoms with Crippen LogP contribution in [0.15, 0.2) is 42.7 Å². The van der Waals surface area contributed by atoms with Crippen LogP contribution in [0.3, 0.4) is 0 Å². The third-order valence-electron chi connectivity index (χ3n) is 4.16. The van der Waals surface area contributed by atoms with Gasteiger partial charge in [0.2, 0.25) is 0 Å². The SMILES string of the molecule is COc1ccc(CCNc2ncnc(Nc3cc(Cl)cc(Cl)c3)c2N)cc1OC. The molecular weight excluding hydrogens is 413 g/mol.